The van der Waals surface area contributed by atoms with Gasteiger partial charge in [0.05, 0.1) is 0 Å². The summed E-state index contributed by atoms with van der Waals surface area (Å²) in [7, 11) is 2.08. The van der Waals surface area contributed by atoms with Gasteiger partial charge in [-0.05, 0) is 64.3 Å². The summed E-state index contributed by atoms with van der Waals surface area (Å²) in [5, 5.41) is 3.52. The van der Waals surface area contributed by atoms with Gasteiger partial charge in [0.1, 0.15) is 0 Å². The number of likely N-dealkylation sites (N-methyl/N-ethyl adjacent to an activating group) is 1. The molecule has 2 nitrogen and oxygen atoms in total. The second kappa shape index (κ2) is 6.73. The molecular formula is C18H30N2. The highest BCUT2D eigenvalue weighted by atomic mass is 15.2. The largest absolute Gasteiger partial charge is 0.312 e. The van der Waals surface area contributed by atoms with Crippen molar-refractivity contribution in [2.45, 2.75) is 52.6 Å². The van der Waals surface area contributed by atoms with E-state index in [1.54, 1.807) is 0 Å². The number of benzene rings is 1. The summed E-state index contributed by atoms with van der Waals surface area (Å²) in [5.74, 6) is 0.885. The Morgan fingerprint density at radius 2 is 2.05 bits per heavy atom. The van der Waals surface area contributed by atoms with E-state index < -0.39 is 0 Å². The van der Waals surface area contributed by atoms with Crippen LogP contribution in [0.5, 0.6) is 0 Å². The van der Waals surface area contributed by atoms with Crippen molar-refractivity contribution in [2.24, 2.45) is 5.92 Å². The van der Waals surface area contributed by atoms with Crippen LogP contribution in [-0.2, 0) is 0 Å². The highest BCUT2D eigenvalue weighted by Crippen LogP contribution is 2.26. The second-order valence-corrected chi connectivity index (χ2v) is 6.67. The minimum atomic E-state index is 0.437. The zero-order valence-corrected chi connectivity index (χ0v) is 13.7. The third-order valence-corrected chi connectivity index (χ3v) is 4.84. The molecule has 0 amide bonds. The quantitative estimate of drug-likeness (QED) is 0.901. The Hall–Kier alpha value is -0.860. The van der Waals surface area contributed by atoms with Crippen molar-refractivity contribution >= 4 is 0 Å². The van der Waals surface area contributed by atoms with Gasteiger partial charge in [-0.3, -0.25) is 4.90 Å². The van der Waals surface area contributed by atoms with Crippen LogP contribution in [0.2, 0.25) is 0 Å². The van der Waals surface area contributed by atoms with Crippen LogP contribution in [0, 0.1) is 19.8 Å². The van der Waals surface area contributed by atoms with E-state index in [0.717, 1.165) is 12.5 Å². The van der Waals surface area contributed by atoms with Gasteiger partial charge in [0.2, 0.25) is 0 Å². The number of nitrogens with zero attached hydrogens (tertiary/aromatic N) is 1. The highest BCUT2D eigenvalue weighted by molar-refractivity contribution is 5.33. The van der Waals surface area contributed by atoms with Crippen molar-refractivity contribution in [3.63, 3.8) is 0 Å². The number of hydrogen-bond donors (Lipinski definition) is 1. The van der Waals surface area contributed by atoms with E-state index >= 15 is 0 Å². The van der Waals surface area contributed by atoms with Crippen molar-refractivity contribution in [2.75, 3.05) is 20.1 Å². The molecule has 3 unspecified atom stereocenters. The van der Waals surface area contributed by atoms with Gasteiger partial charge >= 0.3 is 0 Å². The maximum atomic E-state index is 3.52. The van der Waals surface area contributed by atoms with Crippen LogP contribution in [0.25, 0.3) is 0 Å². The molecular weight excluding hydrogens is 244 g/mol. The molecule has 20 heavy (non-hydrogen) atoms. The maximum absolute atomic E-state index is 3.52. The standard InChI is InChI=1S/C18H30N2/c1-13-6-7-17(15(3)10-13)18(19-5)12-20-9-8-14(2)11-16(20)4/h6-7,10,14,16,18-19H,8-9,11-12H2,1-5H3. The van der Waals surface area contributed by atoms with Gasteiger partial charge in [-0.1, -0.05) is 30.7 Å². The van der Waals surface area contributed by atoms with Crippen molar-refractivity contribution in [3.05, 3.63) is 34.9 Å². The number of aryl methyl sites for hydroxylation is 2. The van der Waals surface area contributed by atoms with E-state index in [1.807, 2.05) is 0 Å². The molecule has 1 aliphatic rings. The second-order valence-electron chi connectivity index (χ2n) is 6.67. The molecule has 3 atom stereocenters. The molecule has 0 spiro atoms. The van der Waals surface area contributed by atoms with Gasteiger partial charge in [-0.15, -0.1) is 0 Å². The van der Waals surface area contributed by atoms with Crippen molar-refractivity contribution in [1.82, 2.24) is 10.2 Å². The first-order valence-electron chi connectivity index (χ1n) is 7.99. The molecule has 1 heterocycles. The van der Waals surface area contributed by atoms with E-state index in [0.29, 0.717) is 12.1 Å². The Bertz CT molecular complexity index is 441. The molecule has 0 aromatic heterocycles. The first-order chi connectivity index (χ1) is 9.51. The van der Waals surface area contributed by atoms with E-state index in [4.69, 9.17) is 0 Å². The lowest BCUT2D eigenvalue weighted by atomic mass is 9.92. The van der Waals surface area contributed by atoms with E-state index in [-0.39, 0.29) is 0 Å². The normalized spacial score (nSPS) is 25.6. The highest BCUT2D eigenvalue weighted by Gasteiger charge is 2.25. The first-order valence-corrected chi connectivity index (χ1v) is 7.99. The maximum Gasteiger partial charge on any atom is 0.0449 e. The number of rotatable bonds is 4. The average Bonchev–Trinajstić information content (AvgIpc) is 2.39. The number of nitrogens with one attached hydrogen (secondary N) is 1. The monoisotopic (exact) mass is 274 g/mol. The minimum absolute atomic E-state index is 0.437. The van der Waals surface area contributed by atoms with E-state index in [9.17, 15) is 0 Å². The predicted octanol–water partition coefficient (Wildman–Crippen LogP) is 3.68. The molecule has 0 bridgehead atoms. The van der Waals surface area contributed by atoms with Crippen LogP contribution in [0.4, 0.5) is 0 Å². The molecule has 0 radical (unpaired) electrons. The molecule has 2 heteroatoms. The molecule has 1 aromatic carbocycles. The molecule has 0 aliphatic carbocycles. The van der Waals surface area contributed by atoms with Crippen LogP contribution in [0.1, 0.15) is 49.4 Å². The van der Waals surface area contributed by atoms with Gasteiger partial charge in [-0.25, -0.2) is 0 Å². The number of hydrogen-bond acceptors (Lipinski definition) is 2. The average molecular weight is 274 g/mol. The van der Waals surface area contributed by atoms with Crippen LogP contribution >= 0.6 is 0 Å². The number of piperidine rings is 1. The zero-order chi connectivity index (χ0) is 14.7. The van der Waals surface area contributed by atoms with E-state index in [1.165, 1.54) is 36.1 Å². The van der Waals surface area contributed by atoms with Crippen LogP contribution in [0.3, 0.4) is 0 Å². The Morgan fingerprint density at radius 3 is 2.65 bits per heavy atom. The lowest BCUT2D eigenvalue weighted by Crippen LogP contribution is -2.44. The third-order valence-electron chi connectivity index (χ3n) is 4.84. The SMILES string of the molecule is CNC(CN1CCC(C)CC1C)c1ccc(C)cc1C. The van der Waals surface area contributed by atoms with Crippen molar-refractivity contribution in [3.8, 4) is 0 Å². The summed E-state index contributed by atoms with van der Waals surface area (Å²) in [4.78, 5) is 2.65. The Kier molecular flexibility index (Phi) is 5.22. The predicted molar refractivity (Wildman–Crippen MR) is 87.1 cm³/mol. The molecule has 112 valence electrons. The lowest BCUT2D eigenvalue weighted by Gasteiger charge is -2.38. The summed E-state index contributed by atoms with van der Waals surface area (Å²) < 4.78 is 0. The molecule has 1 aromatic rings. The fraction of sp³-hybridized carbons (Fsp3) is 0.667. The van der Waals surface area contributed by atoms with Gasteiger partial charge in [-0.2, -0.15) is 0 Å². The molecule has 2 rings (SSSR count). The summed E-state index contributed by atoms with van der Waals surface area (Å²) in [6, 6.07) is 7.96. The molecule has 0 saturated carbocycles. The lowest BCUT2D eigenvalue weighted by molar-refractivity contribution is 0.118. The van der Waals surface area contributed by atoms with Crippen molar-refractivity contribution in [1.29, 1.82) is 0 Å². The van der Waals surface area contributed by atoms with Crippen LogP contribution in [0.15, 0.2) is 18.2 Å². The minimum Gasteiger partial charge on any atom is -0.312 e. The first kappa shape index (κ1) is 15.5. The van der Waals surface area contributed by atoms with Gasteiger partial charge in [0.15, 0.2) is 0 Å². The van der Waals surface area contributed by atoms with Gasteiger partial charge in [0, 0.05) is 18.6 Å². The number of likely N-dealkylation sites (tertiary alicyclic amines) is 1. The van der Waals surface area contributed by atoms with Crippen LogP contribution in [-0.4, -0.2) is 31.1 Å². The summed E-state index contributed by atoms with van der Waals surface area (Å²) in [6.45, 7) is 11.5. The topological polar surface area (TPSA) is 15.3 Å². The molecule has 1 saturated heterocycles. The Balaban J connectivity index is 2.09. The Morgan fingerprint density at radius 1 is 1.30 bits per heavy atom. The molecule has 1 N–H and O–H groups in total. The summed E-state index contributed by atoms with van der Waals surface area (Å²) in [6.07, 6.45) is 2.68. The summed E-state index contributed by atoms with van der Waals surface area (Å²) >= 11 is 0. The molecule has 1 aliphatic heterocycles. The van der Waals surface area contributed by atoms with Crippen molar-refractivity contribution < 1.29 is 0 Å². The third kappa shape index (κ3) is 3.62. The molecule has 1 fully saturated rings. The zero-order valence-electron chi connectivity index (χ0n) is 13.7. The van der Waals surface area contributed by atoms with Gasteiger partial charge < -0.3 is 5.32 Å². The van der Waals surface area contributed by atoms with Gasteiger partial charge in [0.25, 0.3) is 0 Å². The Labute approximate surface area is 124 Å². The van der Waals surface area contributed by atoms with Crippen LogP contribution < -0.4 is 5.32 Å². The fourth-order valence-electron chi connectivity index (χ4n) is 3.52. The summed E-state index contributed by atoms with van der Waals surface area (Å²) in [5.41, 5.74) is 4.20. The van der Waals surface area contributed by atoms with E-state index in [2.05, 4.69) is 63.2 Å². The smallest absolute Gasteiger partial charge is 0.0449 e. The fourth-order valence-corrected chi connectivity index (χ4v) is 3.52.